The highest BCUT2D eigenvalue weighted by atomic mass is 15.5. The quantitative estimate of drug-likeness (QED) is 0.290. The molecule has 1 heterocycles. The number of benzene rings is 5. The van der Waals surface area contributed by atoms with Crippen molar-refractivity contribution in [1.29, 1.82) is 0 Å². The van der Waals surface area contributed by atoms with E-state index < -0.39 is 0 Å². The molecule has 32 heavy (non-hydrogen) atoms. The first-order valence-corrected chi connectivity index (χ1v) is 11.2. The van der Waals surface area contributed by atoms with E-state index in [1.807, 2.05) is 4.80 Å². The standard InChI is InChI=1S/C29H21N3/c1-3-11-21-19(9-1)17-18-20-10-2-4-12-22(20)29(21)32-30-27-25-15-7-5-13-23(25)24-14-6-8-16-26(24)28(27)31-32/h1-16,29H,17-18H2. The highest BCUT2D eigenvalue weighted by Crippen LogP contribution is 2.37. The van der Waals surface area contributed by atoms with Crippen LogP contribution in [0.4, 0.5) is 0 Å². The van der Waals surface area contributed by atoms with Gasteiger partial charge in [-0.2, -0.15) is 15.0 Å². The minimum Gasteiger partial charge on any atom is -0.171 e. The van der Waals surface area contributed by atoms with Gasteiger partial charge in [-0.15, -0.1) is 0 Å². The van der Waals surface area contributed by atoms with Crippen molar-refractivity contribution in [3.63, 3.8) is 0 Å². The molecule has 3 heteroatoms. The van der Waals surface area contributed by atoms with E-state index >= 15 is 0 Å². The molecule has 1 aromatic heterocycles. The number of aromatic nitrogens is 3. The zero-order chi connectivity index (χ0) is 21.1. The summed E-state index contributed by atoms with van der Waals surface area (Å²) in [6.07, 6.45) is 2.08. The first-order valence-electron chi connectivity index (χ1n) is 11.2. The summed E-state index contributed by atoms with van der Waals surface area (Å²) in [5.74, 6) is 0. The molecule has 0 spiro atoms. The molecule has 0 radical (unpaired) electrons. The van der Waals surface area contributed by atoms with Gasteiger partial charge in [0.1, 0.15) is 17.1 Å². The summed E-state index contributed by atoms with van der Waals surface area (Å²) in [7, 11) is 0. The molecule has 6 aromatic rings. The maximum atomic E-state index is 5.16. The maximum Gasteiger partial charge on any atom is 0.122 e. The Labute approximate surface area is 185 Å². The molecule has 0 aliphatic heterocycles. The number of fused-ring (bicyclic) bond motifs is 8. The van der Waals surface area contributed by atoms with Gasteiger partial charge >= 0.3 is 0 Å². The predicted molar refractivity (Wildman–Crippen MR) is 130 cm³/mol. The molecule has 1 aliphatic rings. The molecule has 1 aliphatic carbocycles. The van der Waals surface area contributed by atoms with E-state index in [-0.39, 0.29) is 6.04 Å². The number of nitrogens with zero attached hydrogens (tertiary/aromatic N) is 3. The topological polar surface area (TPSA) is 30.7 Å². The van der Waals surface area contributed by atoms with Crippen LogP contribution in [-0.2, 0) is 12.8 Å². The normalized spacial score (nSPS) is 13.9. The Balaban J connectivity index is 1.59. The SMILES string of the molecule is c1ccc2c(c1)CCc1ccccc1C2n1nc2c3ccccc3c3ccccc3c2n1. The van der Waals surface area contributed by atoms with Crippen LogP contribution in [0.3, 0.4) is 0 Å². The fourth-order valence-corrected chi connectivity index (χ4v) is 5.39. The van der Waals surface area contributed by atoms with Crippen molar-refractivity contribution >= 4 is 32.6 Å². The molecule has 3 nitrogen and oxygen atoms in total. The van der Waals surface area contributed by atoms with Crippen molar-refractivity contribution in [3.05, 3.63) is 119 Å². The summed E-state index contributed by atoms with van der Waals surface area (Å²) < 4.78 is 0. The Morgan fingerprint density at radius 1 is 0.500 bits per heavy atom. The second kappa shape index (κ2) is 6.76. The van der Waals surface area contributed by atoms with Gasteiger partial charge in [0.15, 0.2) is 0 Å². The second-order valence-corrected chi connectivity index (χ2v) is 8.61. The van der Waals surface area contributed by atoms with Crippen molar-refractivity contribution in [1.82, 2.24) is 15.0 Å². The largest absolute Gasteiger partial charge is 0.171 e. The van der Waals surface area contributed by atoms with Crippen molar-refractivity contribution in [3.8, 4) is 0 Å². The molecule has 0 unspecified atom stereocenters. The third kappa shape index (κ3) is 2.48. The number of hydrogen-bond donors (Lipinski definition) is 0. The Bertz CT molecular complexity index is 1520. The molecule has 0 saturated heterocycles. The van der Waals surface area contributed by atoms with E-state index in [0.717, 1.165) is 34.6 Å². The third-order valence-electron chi connectivity index (χ3n) is 6.88. The van der Waals surface area contributed by atoms with E-state index in [9.17, 15) is 0 Å². The van der Waals surface area contributed by atoms with Gasteiger partial charge in [-0.3, -0.25) is 0 Å². The molecule has 0 N–H and O–H groups in total. The van der Waals surface area contributed by atoms with Gasteiger partial charge in [0.25, 0.3) is 0 Å². The summed E-state index contributed by atoms with van der Waals surface area (Å²) in [5, 5.41) is 15.1. The lowest BCUT2D eigenvalue weighted by Gasteiger charge is -2.19. The second-order valence-electron chi connectivity index (χ2n) is 8.61. The lowest BCUT2D eigenvalue weighted by atomic mass is 9.95. The van der Waals surface area contributed by atoms with Gasteiger partial charge in [0.2, 0.25) is 0 Å². The van der Waals surface area contributed by atoms with Crippen molar-refractivity contribution in [2.24, 2.45) is 0 Å². The minimum absolute atomic E-state index is 0.0326. The molecule has 7 rings (SSSR count). The highest BCUT2D eigenvalue weighted by Gasteiger charge is 2.27. The molecule has 0 bridgehead atoms. The smallest absolute Gasteiger partial charge is 0.122 e. The molecular weight excluding hydrogens is 390 g/mol. The zero-order valence-electron chi connectivity index (χ0n) is 17.6. The van der Waals surface area contributed by atoms with Gasteiger partial charge in [-0.25, -0.2) is 0 Å². The van der Waals surface area contributed by atoms with E-state index in [1.54, 1.807) is 0 Å². The van der Waals surface area contributed by atoms with Gasteiger partial charge in [0, 0.05) is 10.8 Å². The molecular formula is C29H21N3. The van der Waals surface area contributed by atoms with Gasteiger partial charge in [-0.1, -0.05) is 97.1 Å². The fraction of sp³-hybridized carbons (Fsp3) is 0.103. The summed E-state index contributed by atoms with van der Waals surface area (Å²) in [5.41, 5.74) is 7.30. The van der Waals surface area contributed by atoms with Gasteiger partial charge < -0.3 is 0 Å². The Hall–Kier alpha value is -3.98. The predicted octanol–water partition coefficient (Wildman–Crippen LogP) is 6.47. The van der Waals surface area contributed by atoms with Crippen LogP contribution in [-0.4, -0.2) is 15.0 Å². The molecule has 5 aromatic carbocycles. The van der Waals surface area contributed by atoms with Crippen LogP contribution in [0.1, 0.15) is 28.3 Å². The van der Waals surface area contributed by atoms with Crippen molar-refractivity contribution < 1.29 is 0 Å². The van der Waals surface area contributed by atoms with E-state index in [2.05, 4.69) is 97.1 Å². The van der Waals surface area contributed by atoms with Gasteiger partial charge in [-0.05, 0) is 45.9 Å². The average molecular weight is 412 g/mol. The van der Waals surface area contributed by atoms with E-state index in [0.29, 0.717) is 0 Å². The molecule has 0 atom stereocenters. The van der Waals surface area contributed by atoms with Crippen molar-refractivity contribution in [2.75, 3.05) is 0 Å². The van der Waals surface area contributed by atoms with Crippen LogP contribution < -0.4 is 0 Å². The maximum absolute atomic E-state index is 5.16. The zero-order valence-corrected chi connectivity index (χ0v) is 17.6. The lowest BCUT2D eigenvalue weighted by molar-refractivity contribution is 0.524. The Morgan fingerprint density at radius 2 is 0.906 bits per heavy atom. The van der Waals surface area contributed by atoms with Crippen molar-refractivity contribution in [2.45, 2.75) is 18.9 Å². The summed E-state index contributed by atoms with van der Waals surface area (Å²) >= 11 is 0. The molecule has 0 saturated carbocycles. The van der Waals surface area contributed by atoms with E-state index in [1.165, 1.54) is 33.0 Å². The highest BCUT2D eigenvalue weighted by molar-refractivity contribution is 6.22. The number of hydrogen-bond acceptors (Lipinski definition) is 2. The number of aryl methyl sites for hydroxylation is 2. The summed E-state index contributed by atoms with van der Waals surface area (Å²) in [6.45, 7) is 0. The number of rotatable bonds is 1. The van der Waals surface area contributed by atoms with Gasteiger partial charge in [0.05, 0.1) is 0 Å². The molecule has 0 fully saturated rings. The monoisotopic (exact) mass is 411 g/mol. The first kappa shape index (κ1) is 17.7. The van der Waals surface area contributed by atoms with Crippen LogP contribution >= 0.6 is 0 Å². The molecule has 0 amide bonds. The Kier molecular flexibility index (Phi) is 3.73. The summed E-state index contributed by atoms with van der Waals surface area (Å²) in [6, 6.07) is 34.6. The molecule has 152 valence electrons. The summed E-state index contributed by atoms with van der Waals surface area (Å²) in [4.78, 5) is 1.96. The minimum atomic E-state index is -0.0326. The van der Waals surface area contributed by atoms with Crippen LogP contribution in [0.15, 0.2) is 97.1 Å². The fourth-order valence-electron chi connectivity index (χ4n) is 5.39. The van der Waals surface area contributed by atoms with Crippen LogP contribution in [0.5, 0.6) is 0 Å². The van der Waals surface area contributed by atoms with Crippen LogP contribution in [0, 0.1) is 0 Å². The average Bonchev–Trinajstić information content (AvgIpc) is 3.22. The lowest BCUT2D eigenvalue weighted by Crippen LogP contribution is -2.16. The van der Waals surface area contributed by atoms with E-state index in [4.69, 9.17) is 10.2 Å². The van der Waals surface area contributed by atoms with Crippen LogP contribution in [0.2, 0.25) is 0 Å². The third-order valence-corrected chi connectivity index (χ3v) is 6.88. The van der Waals surface area contributed by atoms with Crippen LogP contribution in [0.25, 0.3) is 32.6 Å². The first-order chi connectivity index (χ1) is 15.9. The Morgan fingerprint density at radius 3 is 1.41 bits per heavy atom.